The number of hydrogen-bond donors (Lipinski definition) is 1. The molecule has 0 bridgehead atoms. The number of nitrogens with one attached hydrogen (secondary N) is 1. The molecule has 0 radical (unpaired) electrons. The highest BCUT2D eigenvalue weighted by Crippen LogP contribution is 2.23. The molecule has 1 amide bonds. The molecular formula is C16H17BrN2O. The third kappa shape index (κ3) is 3.25. The maximum absolute atomic E-state index is 12.3. The summed E-state index contributed by atoms with van der Waals surface area (Å²) in [4.78, 5) is 16.5. The molecule has 1 aromatic carbocycles. The smallest absolute Gasteiger partial charge is 0.274 e. The van der Waals surface area contributed by atoms with Crippen molar-refractivity contribution in [3.8, 4) is 0 Å². The zero-order valence-electron chi connectivity index (χ0n) is 11.6. The maximum atomic E-state index is 12.3. The second kappa shape index (κ2) is 6.66. The van der Waals surface area contributed by atoms with Gasteiger partial charge in [0, 0.05) is 5.69 Å². The molecule has 2 aromatic rings. The van der Waals surface area contributed by atoms with Crippen LogP contribution in [0.4, 0.5) is 5.69 Å². The first-order valence-electron chi connectivity index (χ1n) is 6.70. The molecule has 1 N–H and O–H groups in total. The SMILES string of the molecule is CCc1cccc(CC)c1NC(=O)c1cccc(Br)n1. The molecule has 0 fully saturated rings. The first-order valence-corrected chi connectivity index (χ1v) is 7.49. The van der Waals surface area contributed by atoms with E-state index >= 15 is 0 Å². The zero-order chi connectivity index (χ0) is 14.5. The van der Waals surface area contributed by atoms with Crippen LogP contribution in [-0.2, 0) is 12.8 Å². The van der Waals surface area contributed by atoms with Crippen molar-refractivity contribution in [3.05, 3.63) is 57.8 Å². The number of hydrogen-bond acceptors (Lipinski definition) is 2. The van der Waals surface area contributed by atoms with Gasteiger partial charge in [-0.1, -0.05) is 38.1 Å². The number of pyridine rings is 1. The maximum Gasteiger partial charge on any atom is 0.274 e. The number of anilines is 1. The number of carbonyl (C=O) groups is 1. The van der Waals surface area contributed by atoms with Crippen LogP contribution in [0, 0.1) is 0 Å². The van der Waals surface area contributed by atoms with Crippen molar-refractivity contribution in [2.24, 2.45) is 0 Å². The minimum absolute atomic E-state index is 0.179. The van der Waals surface area contributed by atoms with Gasteiger partial charge < -0.3 is 5.32 Å². The highest BCUT2D eigenvalue weighted by molar-refractivity contribution is 9.10. The highest BCUT2D eigenvalue weighted by atomic mass is 79.9. The van der Waals surface area contributed by atoms with Crippen LogP contribution in [0.15, 0.2) is 41.0 Å². The van der Waals surface area contributed by atoms with Gasteiger partial charge in [-0.3, -0.25) is 4.79 Å². The Balaban J connectivity index is 2.32. The third-order valence-corrected chi connectivity index (χ3v) is 3.63. The molecule has 20 heavy (non-hydrogen) atoms. The number of rotatable bonds is 4. The monoisotopic (exact) mass is 332 g/mol. The fraction of sp³-hybridized carbons (Fsp3) is 0.250. The Morgan fingerprint density at radius 1 is 1.10 bits per heavy atom. The minimum Gasteiger partial charge on any atom is -0.320 e. The molecule has 104 valence electrons. The summed E-state index contributed by atoms with van der Waals surface area (Å²) in [6, 6.07) is 11.4. The lowest BCUT2D eigenvalue weighted by Crippen LogP contribution is -2.16. The molecule has 1 aromatic heterocycles. The van der Waals surface area contributed by atoms with Crippen molar-refractivity contribution in [2.45, 2.75) is 26.7 Å². The molecule has 4 heteroatoms. The van der Waals surface area contributed by atoms with E-state index in [4.69, 9.17) is 0 Å². The first-order chi connectivity index (χ1) is 9.65. The van der Waals surface area contributed by atoms with Gasteiger partial charge in [-0.25, -0.2) is 4.98 Å². The van der Waals surface area contributed by atoms with E-state index < -0.39 is 0 Å². The second-order valence-electron chi connectivity index (χ2n) is 4.46. The summed E-state index contributed by atoms with van der Waals surface area (Å²) < 4.78 is 0.657. The van der Waals surface area contributed by atoms with E-state index in [0.29, 0.717) is 10.3 Å². The van der Waals surface area contributed by atoms with E-state index in [1.54, 1.807) is 18.2 Å². The van der Waals surface area contributed by atoms with E-state index in [1.165, 1.54) is 0 Å². The predicted molar refractivity (Wildman–Crippen MR) is 85.1 cm³/mol. The number of aromatic nitrogens is 1. The average Bonchev–Trinajstić information content (AvgIpc) is 2.47. The number of amides is 1. The summed E-state index contributed by atoms with van der Waals surface area (Å²) in [6.45, 7) is 4.17. The van der Waals surface area contributed by atoms with Crippen LogP contribution in [0.25, 0.3) is 0 Å². The molecule has 1 heterocycles. The van der Waals surface area contributed by atoms with E-state index in [9.17, 15) is 4.79 Å². The van der Waals surface area contributed by atoms with Crippen LogP contribution in [0.5, 0.6) is 0 Å². The van der Waals surface area contributed by atoms with Crippen LogP contribution in [0.1, 0.15) is 35.5 Å². The van der Waals surface area contributed by atoms with Crippen LogP contribution < -0.4 is 5.32 Å². The third-order valence-electron chi connectivity index (χ3n) is 3.19. The van der Waals surface area contributed by atoms with Crippen molar-refractivity contribution in [2.75, 3.05) is 5.32 Å². The van der Waals surface area contributed by atoms with Crippen molar-refractivity contribution in [1.29, 1.82) is 0 Å². The Morgan fingerprint density at radius 2 is 1.70 bits per heavy atom. The van der Waals surface area contributed by atoms with Gasteiger partial charge in [-0.15, -0.1) is 0 Å². The minimum atomic E-state index is -0.179. The fourth-order valence-electron chi connectivity index (χ4n) is 2.12. The Morgan fingerprint density at radius 3 is 2.25 bits per heavy atom. The van der Waals surface area contributed by atoms with Gasteiger partial charge >= 0.3 is 0 Å². The lowest BCUT2D eigenvalue weighted by Gasteiger charge is -2.14. The van der Waals surface area contributed by atoms with E-state index in [2.05, 4.69) is 40.1 Å². The van der Waals surface area contributed by atoms with Crippen LogP contribution in [0.2, 0.25) is 0 Å². The standard InChI is InChI=1S/C16H17BrN2O/c1-3-11-7-5-8-12(4-2)15(11)19-16(20)13-9-6-10-14(17)18-13/h5-10H,3-4H2,1-2H3,(H,19,20). The summed E-state index contributed by atoms with van der Waals surface area (Å²) in [5.74, 6) is -0.179. The van der Waals surface area contributed by atoms with Gasteiger partial charge in [-0.2, -0.15) is 0 Å². The van der Waals surface area contributed by atoms with Crippen molar-refractivity contribution in [1.82, 2.24) is 4.98 Å². The number of halogens is 1. The summed E-state index contributed by atoms with van der Waals surface area (Å²) >= 11 is 3.28. The molecule has 2 rings (SSSR count). The van der Waals surface area contributed by atoms with Crippen molar-refractivity contribution in [3.63, 3.8) is 0 Å². The number of aryl methyl sites for hydroxylation is 2. The zero-order valence-corrected chi connectivity index (χ0v) is 13.2. The van der Waals surface area contributed by atoms with E-state index in [0.717, 1.165) is 29.7 Å². The van der Waals surface area contributed by atoms with E-state index in [-0.39, 0.29) is 5.91 Å². The normalized spacial score (nSPS) is 10.3. The molecule has 0 aliphatic heterocycles. The lowest BCUT2D eigenvalue weighted by atomic mass is 10.0. The molecule has 0 saturated heterocycles. The highest BCUT2D eigenvalue weighted by Gasteiger charge is 2.12. The van der Waals surface area contributed by atoms with Crippen LogP contribution in [0.3, 0.4) is 0 Å². The largest absolute Gasteiger partial charge is 0.320 e. The van der Waals surface area contributed by atoms with Gasteiger partial charge in [0.15, 0.2) is 0 Å². The first kappa shape index (κ1) is 14.7. The van der Waals surface area contributed by atoms with Gasteiger partial charge in [-0.05, 0) is 52.0 Å². The summed E-state index contributed by atoms with van der Waals surface area (Å²) in [7, 11) is 0. The van der Waals surface area contributed by atoms with Gasteiger partial charge in [0.1, 0.15) is 10.3 Å². The Bertz CT molecular complexity index is 603. The van der Waals surface area contributed by atoms with Crippen molar-refractivity contribution < 1.29 is 4.79 Å². The molecule has 0 saturated carbocycles. The molecule has 0 aliphatic carbocycles. The summed E-state index contributed by atoms with van der Waals surface area (Å²) in [6.07, 6.45) is 1.77. The van der Waals surface area contributed by atoms with Crippen LogP contribution >= 0.6 is 15.9 Å². The molecule has 3 nitrogen and oxygen atoms in total. The Labute approximate surface area is 127 Å². The second-order valence-corrected chi connectivity index (χ2v) is 5.27. The average molecular weight is 333 g/mol. The van der Waals surface area contributed by atoms with Crippen molar-refractivity contribution >= 4 is 27.5 Å². The fourth-order valence-corrected chi connectivity index (χ4v) is 2.46. The van der Waals surface area contributed by atoms with E-state index in [1.807, 2.05) is 18.2 Å². The number of benzene rings is 1. The molecule has 0 aliphatic rings. The predicted octanol–water partition coefficient (Wildman–Crippen LogP) is 4.22. The topological polar surface area (TPSA) is 42.0 Å². The van der Waals surface area contributed by atoms with Crippen LogP contribution in [-0.4, -0.2) is 10.9 Å². The summed E-state index contributed by atoms with van der Waals surface area (Å²) in [5.41, 5.74) is 3.62. The number of nitrogens with zero attached hydrogens (tertiary/aromatic N) is 1. The van der Waals surface area contributed by atoms with Gasteiger partial charge in [0.25, 0.3) is 5.91 Å². The number of para-hydroxylation sites is 1. The van der Waals surface area contributed by atoms with Gasteiger partial charge in [0.2, 0.25) is 0 Å². The quantitative estimate of drug-likeness (QED) is 0.851. The molecule has 0 unspecified atom stereocenters. The molecule has 0 spiro atoms. The molecule has 0 atom stereocenters. The Kier molecular flexibility index (Phi) is 4.90. The Hall–Kier alpha value is -1.68. The summed E-state index contributed by atoms with van der Waals surface area (Å²) in [5, 5.41) is 3.00. The lowest BCUT2D eigenvalue weighted by molar-refractivity contribution is 0.102. The number of carbonyl (C=O) groups excluding carboxylic acids is 1. The van der Waals surface area contributed by atoms with Gasteiger partial charge in [0.05, 0.1) is 0 Å². The molecular weight excluding hydrogens is 316 g/mol.